The summed E-state index contributed by atoms with van der Waals surface area (Å²) in [6.07, 6.45) is 1.64. The number of nitriles is 1. The van der Waals surface area contributed by atoms with E-state index in [2.05, 4.69) is 16.4 Å². The van der Waals surface area contributed by atoms with Gasteiger partial charge in [-0.25, -0.2) is 4.98 Å². The number of nitrogens with one attached hydrogen (secondary N) is 1. The number of nitro benzene ring substituents is 1. The molecule has 0 unspecified atom stereocenters. The number of allylic oxidation sites excluding steroid dienone is 1. The summed E-state index contributed by atoms with van der Waals surface area (Å²) in [5.41, 5.74) is 2.53. The van der Waals surface area contributed by atoms with E-state index in [9.17, 15) is 15.4 Å². The first kappa shape index (κ1) is 18.3. The smallest absolute Gasteiger partial charge is 0.270 e. The SMILES string of the molecule is N#C/C(=C/Nc1cccc2ccccc12)c1nc(-c2cccc([N+](=O)[O-])c2)cs1. The Morgan fingerprint density at radius 2 is 1.93 bits per heavy atom. The van der Waals surface area contributed by atoms with Gasteiger partial charge in [-0.3, -0.25) is 10.1 Å². The van der Waals surface area contributed by atoms with E-state index in [1.807, 2.05) is 42.5 Å². The third-order valence-electron chi connectivity index (χ3n) is 4.37. The van der Waals surface area contributed by atoms with Crippen LogP contribution in [0.5, 0.6) is 0 Å². The average molecular weight is 398 g/mol. The maximum atomic E-state index is 11.0. The van der Waals surface area contributed by atoms with Crippen LogP contribution >= 0.6 is 11.3 Å². The Bertz CT molecular complexity index is 1280. The number of benzene rings is 3. The Morgan fingerprint density at radius 1 is 1.14 bits per heavy atom. The van der Waals surface area contributed by atoms with Crippen molar-refractivity contribution in [2.75, 3.05) is 5.32 Å². The maximum absolute atomic E-state index is 11.0. The zero-order valence-corrected chi connectivity index (χ0v) is 15.9. The molecule has 0 spiro atoms. The van der Waals surface area contributed by atoms with Crippen LogP contribution in [-0.2, 0) is 0 Å². The third-order valence-corrected chi connectivity index (χ3v) is 5.24. The lowest BCUT2D eigenvalue weighted by Gasteiger charge is -2.06. The number of non-ortho nitro benzene ring substituents is 1. The van der Waals surface area contributed by atoms with E-state index in [0.717, 1.165) is 16.5 Å². The number of rotatable bonds is 5. The van der Waals surface area contributed by atoms with Crippen molar-refractivity contribution in [3.63, 3.8) is 0 Å². The van der Waals surface area contributed by atoms with Crippen molar-refractivity contribution in [2.24, 2.45) is 0 Å². The molecule has 4 rings (SSSR count). The van der Waals surface area contributed by atoms with E-state index >= 15 is 0 Å². The minimum Gasteiger partial charge on any atom is -0.360 e. The van der Waals surface area contributed by atoms with Gasteiger partial charge in [0, 0.05) is 40.3 Å². The van der Waals surface area contributed by atoms with Gasteiger partial charge in [-0.05, 0) is 11.5 Å². The van der Waals surface area contributed by atoms with Crippen molar-refractivity contribution in [3.8, 4) is 17.3 Å². The van der Waals surface area contributed by atoms with Crippen LogP contribution in [0.3, 0.4) is 0 Å². The van der Waals surface area contributed by atoms with Gasteiger partial charge >= 0.3 is 0 Å². The minimum atomic E-state index is -0.439. The zero-order valence-electron chi connectivity index (χ0n) is 15.1. The van der Waals surface area contributed by atoms with Gasteiger partial charge in [-0.15, -0.1) is 11.3 Å². The number of nitrogens with zero attached hydrogens (tertiary/aromatic N) is 3. The molecule has 7 heteroatoms. The van der Waals surface area contributed by atoms with E-state index in [-0.39, 0.29) is 5.69 Å². The fraction of sp³-hybridized carbons (Fsp3) is 0. The van der Waals surface area contributed by atoms with Crippen molar-refractivity contribution in [1.82, 2.24) is 4.98 Å². The first-order valence-electron chi connectivity index (χ1n) is 8.71. The maximum Gasteiger partial charge on any atom is 0.270 e. The Balaban J connectivity index is 1.63. The summed E-state index contributed by atoms with van der Waals surface area (Å²) in [5, 5.41) is 28.3. The molecule has 1 heterocycles. The fourth-order valence-electron chi connectivity index (χ4n) is 2.95. The van der Waals surface area contributed by atoms with Crippen molar-refractivity contribution < 1.29 is 4.92 Å². The standard InChI is InChI=1S/C22H14N4O2S/c23-12-17(13-24-20-10-4-6-15-5-1-2-9-19(15)20)22-25-21(14-29-22)16-7-3-8-18(11-16)26(27)28/h1-11,13-14,24H/b17-13-. The van der Waals surface area contributed by atoms with Crippen molar-refractivity contribution in [2.45, 2.75) is 0 Å². The molecular formula is C22H14N4O2S. The lowest BCUT2D eigenvalue weighted by molar-refractivity contribution is -0.384. The van der Waals surface area contributed by atoms with Crippen LogP contribution in [0, 0.1) is 21.4 Å². The van der Waals surface area contributed by atoms with Crippen molar-refractivity contribution in [3.05, 3.63) is 93.4 Å². The molecule has 0 fully saturated rings. The Labute approximate surface area is 170 Å². The molecule has 0 bridgehead atoms. The summed E-state index contributed by atoms with van der Waals surface area (Å²) in [5.74, 6) is 0. The predicted octanol–water partition coefficient (Wildman–Crippen LogP) is 5.85. The van der Waals surface area contributed by atoms with Crippen LogP contribution in [0.25, 0.3) is 27.6 Å². The van der Waals surface area contributed by atoms with E-state index in [4.69, 9.17) is 0 Å². The Kier molecular flexibility index (Phi) is 5.01. The molecular weight excluding hydrogens is 384 g/mol. The van der Waals surface area contributed by atoms with E-state index < -0.39 is 4.92 Å². The fourth-order valence-corrected chi connectivity index (χ4v) is 3.75. The third kappa shape index (κ3) is 3.83. The van der Waals surface area contributed by atoms with Crippen LogP contribution in [0.15, 0.2) is 78.3 Å². The van der Waals surface area contributed by atoms with Gasteiger partial charge in [-0.2, -0.15) is 5.26 Å². The van der Waals surface area contributed by atoms with E-state index in [0.29, 0.717) is 21.8 Å². The minimum absolute atomic E-state index is 0.00530. The average Bonchev–Trinajstić information content (AvgIpc) is 3.24. The molecule has 0 saturated heterocycles. The van der Waals surface area contributed by atoms with Crippen LogP contribution in [0.1, 0.15) is 5.01 Å². The number of thiazole rings is 1. The molecule has 0 aliphatic rings. The van der Waals surface area contributed by atoms with Crippen LogP contribution in [0.4, 0.5) is 11.4 Å². The summed E-state index contributed by atoms with van der Waals surface area (Å²) in [7, 11) is 0. The predicted molar refractivity (Wildman–Crippen MR) is 115 cm³/mol. The molecule has 3 aromatic carbocycles. The molecule has 4 aromatic rings. The lowest BCUT2D eigenvalue weighted by atomic mass is 10.1. The number of nitro groups is 1. The highest BCUT2D eigenvalue weighted by Crippen LogP contribution is 2.29. The van der Waals surface area contributed by atoms with Gasteiger partial charge in [0.05, 0.1) is 10.6 Å². The van der Waals surface area contributed by atoms with Gasteiger partial charge in [0.25, 0.3) is 5.69 Å². The van der Waals surface area contributed by atoms with Crippen LogP contribution < -0.4 is 5.32 Å². The van der Waals surface area contributed by atoms with Gasteiger partial charge in [0.2, 0.25) is 0 Å². The highest BCUT2D eigenvalue weighted by Gasteiger charge is 2.12. The van der Waals surface area contributed by atoms with Gasteiger partial charge in [-0.1, -0.05) is 48.5 Å². The highest BCUT2D eigenvalue weighted by atomic mass is 32.1. The molecule has 0 radical (unpaired) electrons. The molecule has 29 heavy (non-hydrogen) atoms. The molecule has 0 aliphatic heterocycles. The normalized spacial score (nSPS) is 11.2. The van der Waals surface area contributed by atoms with Gasteiger partial charge in [0.1, 0.15) is 16.6 Å². The monoisotopic (exact) mass is 398 g/mol. The van der Waals surface area contributed by atoms with E-state index in [1.165, 1.54) is 23.5 Å². The molecule has 140 valence electrons. The van der Waals surface area contributed by atoms with E-state index in [1.54, 1.807) is 23.7 Å². The summed E-state index contributed by atoms with van der Waals surface area (Å²) in [6, 6.07) is 22.4. The second-order valence-electron chi connectivity index (χ2n) is 6.19. The largest absolute Gasteiger partial charge is 0.360 e. The van der Waals surface area contributed by atoms with Crippen molar-refractivity contribution in [1.29, 1.82) is 5.26 Å². The molecule has 1 N–H and O–H groups in total. The molecule has 6 nitrogen and oxygen atoms in total. The number of hydrogen-bond acceptors (Lipinski definition) is 6. The number of aromatic nitrogens is 1. The quantitative estimate of drug-likeness (QED) is 0.259. The molecule has 1 aromatic heterocycles. The Morgan fingerprint density at radius 3 is 2.76 bits per heavy atom. The number of hydrogen-bond donors (Lipinski definition) is 1. The van der Waals surface area contributed by atoms with Crippen LogP contribution in [-0.4, -0.2) is 9.91 Å². The Hall–Kier alpha value is -4.02. The zero-order chi connectivity index (χ0) is 20.2. The number of anilines is 1. The van der Waals surface area contributed by atoms with Crippen molar-refractivity contribution >= 4 is 39.1 Å². The second-order valence-corrected chi connectivity index (χ2v) is 7.04. The van der Waals surface area contributed by atoms with Crippen LogP contribution in [0.2, 0.25) is 0 Å². The lowest BCUT2D eigenvalue weighted by Crippen LogP contribution is -1.92. The van der Waals surface area contributed by atoms with Gasteiger partial charge in [0.15, 0.2) is 0 Å². The summed E-state index contributed by atoms with van der Waals surface area (Å²) in [6.45, 7) is 0. The summed E-state index contributed by atoms with van der Waals surface area (Å²) >= 11 is 1.32. The molecule has 0 saturated carbocycles. The van der Waals surface area contributed by atoms with Gasteiger partial charge < -0.3 is 5.32 Å². The summed E-state index contributed by atoms with van der Waals surface area (Å²) < 4.78 is 0. The first-order chi connectivity index (χ1) is 14.2. The molecule has 0 aliphatic carbocycles. The first-order valence-corrected chi connectivity index (χ1v) is 9.59. The summed E-state index contributed by atoms with van der Waals surface area (Å²) in [4.78, 5) is 15.0. The number of fused-ring (bicyclic) bond motifs is 1. The molecule has 0 amide bonds. The topological polar surface area (TPSA) is 91.8 Å². The highest BCUT2D eigenvalue weighted by molar-refractivity contribution is 7.11. The second kappa shape index (κ2) is 7.92. The molecule has 0 atom stereocenters.